The van der Waals surface area contributed by atoms with Crippen LogP contribution in [0.5, 0.6) is 0 Å². The maximum absolute atomic E-state index is 3.54. The maximum Gasteiger partial charge on any atom is 0.0456 e. The van der Waals surface area contributed by atoms with Gasteiger partial charge in [0.2, 0.25) is 0 Å². The zero-order chi connectivity index (χ0) is 17.3. The van der Waals surface area contributed by atoms with Crippen molar-refractivity contribution in [2.24, 2.45) is 5.92 Å². The Morgan fingerprint density at radius 1 is 0.880 bits per heavy atom. The van der Waals surface area contributed by atoms with Gasteiger partial charge in [-0.05, 0) is 60.6 Å². The summed E-state index contributed by atoms with van der Waals surface area (Å²) < 4.78 is 0. The van der Waals surface area contributed by atoms with Crippen LogP contribution in [0, 0.1) is 5.92 Å². The van der Waals surface area contributed by atoms with Gasteiger partial charge in [-0.25, -0.2) is 0 Å². The monoisotopic (exact) mass is 351 g/mol. The fraction of sp³-hybridized carbons (Fsp3) is 0.391. The number of hydrogen-bond donors (Lipinski definition) is 1. The first-order valence-corrected chi connectivity index (χ1v) is 10.5. The quantitative estimate of drug-likeness (QED) is 0.304. The first-order chi connectivity index (χ1) is 12.3. The number of aromatic amines is 1. The number of aryl methyl sites for hydroxylation is 1. The molecule has 3 rings (SSSR count). The average Bonchev–Trinajstić information content (AvgIpc) is 3.05. The number of rotatable bonds is 10. The first kappa shape index (κ1) is 18.1. The molecule has 1 atom stereocenters. The van der Waals surface area contributed by atoms with Gasteiger partial charge in [0.05, 0.1) is 0 Å². The molecule has 0 saturated heterocycles. The Bertz CT molecular complexity index is 714. The molecule has 0 aliphatic rings. The third kappa shape index (κ3) is 5.97. The van der Waals surface area contributed by atoms with E-state index in [0.717, 1.165) is 5.92 Å². The Balaban J connectivity index is 1.26. The molecule has 132 valence electrons. The highest BCUT2D eigenvalue weighted by molar-refractivity contribution is 7.99. The molecule has 0 unspecified atom stereocenters. The van der Waals surface area contributed by atoms with Crippen LogP contribution in [0.25, 0.3) is 10.9 Å². The molecule has 1 nitrogen and oxygen atoms in total. The van der Waals surface area contributed by atoms with E-state index in [-0.39, 0.29) is 0 Å². The lowest BCUT2D eigenvalue weighted by molar-refractivity contribution is 0.481. The van der Waals surface area contributed by atoms with E-state index in [4.69, 9.17) is 0 Å². The summed E-state index contributed by atoms with van der Waals surface area (Å²) in [5.41, 5.74) is 2.65. The van der Waals surface area contributed by atoms with Crippen molar-refractivity contribution in [1.29, 1.82) is 0 Å². The van der Waals surface area contributed by atoms with Gasteiger partial charge in [-0.1, -0.05) is 62.6 Å². The standard InChI is InChI=1S/C23H29NS/c1-19(16-17-25-22-13-6-3-7-14-22)10-4-2-5-12-21-18-20-11-8-9-15-23(20)24-21/h3,6-9,11,13-15,18-19,24H,2,4-5,10,12,16-17H2,1H3/t19-/m1/s1. The molecule has 2 heteroatoms. The minimum atomic E-state index is 0.837. The second kappa shape index (κ2) is 9.72. The first-order valence-electron chi connectivity index (χ1n) is 9.56. The number of thioether (sulfide) groups is 1. The van der Waals surface area contributed by atoms with Crippen LogP contribution < -0.4 is 0 Å². The summed E-state index contributed by atoms with van der Waals surface area (Å²) in [6.45, 7) is 2.41. The molecule has 25 heavy (non-hydrogen) atoms. The largest absolute Gasteiger partial charge is 0.358 e. The fourth-order valence-corrected chi connectivity index (χ4v) is 4.40. The molecule has 0 spiro atoms. The Kier molecular flexibility index (Phi) is 7.05. The van der Waals surface area contributed by atoms with Crippen LogP contribution in [0.15, 0.2) is 65.6 Å². The van der Waals surface area contributed by atoms with Crippen molar-refractivity contribution in [3.63, 3.8) is 0 Å². The van der Waals surface area contributed by atoms with Gasteiger partial charge in [-0.3, -0.25) is 0 Å². The number of H-pyrrole nitrogens is 1. The fourth-order valence-electron chi connectivity index (χ4n) is 3.29. The summed E-state index contributed by atoms with van der Waals surface area (Å²) in [6, 6.07) is 21.6. The van der Waals surface area contributed by atoms with Crippen LogP contribution in [0.1, 0.15) is 44.7 Å². The smallest absolute Gasteiger partial charge is 0.0456 e. The minimum absolute atomic E-state index is 0.837. The van der Waals surface area contributed by atoms with Crippen molar-refractivity contribution in [3.8, 4) is 0 Å². The molecule has 0 amide bonds. The topological polar surface area (TPSA) is 15.8 Å². The average molecular weight is 352 g/mol. The van der Waals surface area contributed by atoms with Crippen molar-refractivity contribution in [2.75, 3.05) is 5.75 Å². The molecular weight excluding hydrogens is 322 g/mol. The number of para-hydroxylation sites is 1. The van der Waals surface area contributed by atoms with E-state index in [2.05, 4.69) is 72.6 Å². The second-order valence-corrected chi connectivity index (χ2v) is 8.20. The maximum atomic E-state index is 3.54. The van der Waals surface area contributed by atoms with E-state index in [1.807, 2.05) is 11.8 Å². The Morgan fingerprint density at radius 3 is 2.52 bits per heavy atom. The molecule has 0 saturated carbocycles. The van der Waals surface area contributed by atoms with E-state index in [9.17, 15) is 0 Å². The van der Waals surface area contributed by atoms with Crippen LogP contribution in [-0.4, -0.2) is 10.7 Å². The number of fused-ring (bicyclic) bond motifs is 1. The SMILES string of the molecule is C[C@H](CCCCCc1cc2ccccc2[nH]1)CCSc1ccccc1. The van der Waals surface area contributed by atoms with Gasteiger partial charge in [0, 0.05) is 16.1 Å². The summed E-state index contributed by atoms with van der Waals surface area (Å²) in [5.74, 6) is 2.07. The molecule has 1 N–H and O–H groups in total. The van der Waals surface area contributed by atoms with E-state index in [1.165, 1.54) is 65.8 Å². The summed E-state index contributed by atoms with van der Waals surface area (Å²) in [6.07, 6.45) is 7.85. The van der Waals surface area contributed by atoms with Crippen molar-refractivity contribution in [2.45, 2.75) is 50.3 Å². The van der Waals surface area contributed by atoms with Crippen molar-refractivity contribution in [1.82, 2.24) is 4.98 Å². The van der Waals surface area contributed by atoms with Gasteiger partial charge in [0.1, 0.15) is 0 Å². The van der Waals surface area contributed by atoms with Gasteiger partial charge in [-0.15, -0.1) is 11.8 Å². The van der Waals surface area contributed by atoms with Gasteiger partial charge < -0.3 is 4.98 Å². The second-order valence-electron chi connectivity index (χ2n) is 7.04. The predicted octanol–water partition coefficient (Wildman–Crippen LogP) is 7.09. The summed E-state index contributed by atoms with van der Waals surface area (Å²) >= 11 is 1.99. The predicted molar refractivity (Wildman–Crippen MR) is 111 cm³/mol. The highest BCUT2D eigenvalue weighted by Crippen LogP contribution is 2.22. The van der Waals surface area contributed by atoms with Crippen molar-refractivity contribution < 1.29 is 0 Å². The van der Waals surface area contributed by atoms with Gasteiger partial charge >= 0.3 is 0 Å². The molecule has 0 fully saturated rings. The molecule has 3 aromatic rings. The molecule has 2 aromatic carbocycles. The Morgan fingerprint density at radius 2 is 1.68 bits per heavy atom. The molecule has 0 radical (unpaired) electrons. The lowest BCUT2D eigenvalue weighted by atomic mass is 10.00. The molecule has 0 aliphatic heterocycles. The van der Waals surface area contributed by atoms with Crippen LogP contribution in [0.3, 0.4) is 0 Å². The zero-order valence-corrected chi connectivity index (χ0v) is 16.0. The molecule has 1 aromatic heterocycles. The van der Waals surface area contributed by atoms with E-state index < -0.39 is 0 Å². The lowest BCUT2D eigenvalue weighted by Crippen LogP contribution is -1.97. The third-order valence-corrected chi connectivity index (χ3v) is 5.90. The van der Waals surface area contributed by atoms with Gasteiger partial charge in [0.25, 0.3) is 0 Å². The third-order valence-electron chi connectivity index (χ3n) is 4.85. The lowest BCUT2D eigenvalue weighted by Gasteiger charge is -2.10. The summed E-state index contributed by atoms with van der Waals surface area (Å²) in [5, 5.41) is 1.34. The van der Waals surface area contributed by atoms with Gasteiger partial charge in [-0.2, -0.15) is 0 Å². The van der Waals surface area contributed by atoms with Crippen molar-refractivity contribution >= 4 is 22.7 Å². The van der Waals surface area contributed by atoms with E-state index >= 15 is 0 Å². The Labute approximate surface area is 156 Å². The molecule has 0 aliphatic carbocycles. The normalized spacial score (nSPS) is 12.5. The number of benzene rings is 2. The molecule has 1 heterocycles. The minimum Gasteiger partial charge on any atom is -0.358 e. The highest BCUT2D eigenvalue weighted by atomic mass is 32.2. The van der Waals surface area contributed by atoms with Crippen LogP contribution >= 0.6 is 11.8 Å². The Hall–Kier alpha value is -1.67. The van der Waals surface area contributed by atoms with E-state index in [1.54, 1.807) is 0 Å². The van der Waals surface area contributed by atoms with Crippen molar-refractivity contribution in [3.05, 3.63) is 66.4 Å². The number of aromatic nitrogens is 1. The summed E-state index contributed by atoms with van der Waals surface area (Å²) in [4.78, 5) is 4.93. The van der Waals surface area contributed by atoms with Crippen LogP contribution in [0.4, 0.5) is 0 Å². The van der Waals surface area contributed by atoms with Crippen LogP contribution in [0.2, 0.25) is 0 Å². The van der Waals surface area contributed by atoms with Gasteiger partial charge in [0.15, 0.2) is 0 Å². The zero-order valence-electron chi connectivity index (χ0n) is 15.2. The van der Waals surface area contributed by atoms with Crippen LogP contribution in [-0.2, 0) is 6.42 Å². The number of hydrogen-bond acceptors (Lipinski definition) is 1. The molecular formula is C23H29NS. The van der Waals surface area contributed by atoms with E-state index in [0.29, 0.717) is 0 Å². The summed E-state index contributed by atoms with van der Waals surface area (Å²) in [7, 11) is 0. The number of nitrogens with one attached hydrogen (secondary N) is 1. The number of unbranched alkanes of at least 4 members (excludes halogenated alkanes) is 2. The molecule has 0 bridgehead atoms. The highest BCUT2D eigenvalue weighted by Gasteiger charge is 2.04.